The molecule has 0 atom stereocenters. The average Bonchev–Trinajstić information content (AvgIpc) is 2.85. The predicted molar refractivity (Wildman–Crippen MR) is 67.4 cm³/mol. The normalized spacial score (nSPS) is 14.7. The number of para-hydroxylation sites is 1. The fourth-order valence-electron chi connectivity index (χ4n) is 2.08. The summed E-state index contributed by atoms with van der Waals surface area (Å²) in [6, 6.07) is 8.78. The van der Waals surface area contributed by atoms with E-state index in [2.05, 4.69) is 41.8 Å². The van der Waals surface area contributed by atoms with Gasteiger partial charge in [0.25, 0.3) is 0 Å². The van der Waals surface area contributed by atoms with Gasteiger partial charge in [-0.1, -0.05) is 25.1 Å². The molecule has 1 heterocycles. The number of benzene rings is 1. The van der Waals surface area contributed by atoms with E-state index < -0.39 is 0 Å². The molecule has 2 nitrogen and oxygen atoms in total. The molecule has 0 bridgehead atoms. The Morgan fingerprint density at radius 3 is 2.33 bits per heavy atom. The van der Waals surface area contributed by atoms with Crippen molar-refractivity contribution in [1.29, 1.82) is 0 Å². The Morgan fingerprint density at radius 2 is 1.73 bits per heavy atom. The molecule has 1 saturated heterocycles. The third-order valence-corrected chi connectivity index (χ3v) is 2.82. The van der Waals surface area contributed by atoms with E-state index in [-0.39, 0.29) is 0 Å². The second kappa shape index (κ2) is 6.46. The number of rotatable bonds is 2. The molecule has 1 fully saturated rings. The Hall–Kier alpha value is -1.02. The standard InChI is InChI=1S/C12H17N.CH5N/c1-2-11-7-3-4-8-12(11)13-9-5-6-10-13;1-2/h3-4,7-8H,2,5-6,9-10H2,1H3;2H2,1H3. The Kier molecular flexibility index (Phi) is 5.19. The summed E-state index contributed by atoms with van der Waals surface area (Å²) < 4.78 is 0. The molecule has 0 saturated carbocycles. The Morgan fingerprint density at radius 1 is 1.13 bits per heavy atom. The van der Waals surface area contributed by atoms with Crippen molar-refractivity contribution in [2.75, 3.05) is 25.0 Å². The highest BCUT2D eigenvalue weighted by Crippen LogP contribution is 2.24. The van der Waals surface area contributed by atoms with Crippen molar-refractivity contribution in [3.8, 4) is 0 Å². The van der Waals surface area contributed by atoms with Crippen molar-refractivity contribution in [1.82, 2.24) is 0 Å². The zero-order valence-electron chi connectivity index (χ0n) is 9.87. The molecule has 2 heteroatoms. The number of hydrogen-bond acceptors (Lipinski definition) is 2. The van der Waals surface area contributed by atoms with Gasteiger partial charge in [0.15, 0.2) is 0 Å². The van der Waals surface area contributed by atoms with Crippen LogP contribution in [0.3, 0.4) is 0 Å². The van der Waals surface area contributed by atoms with Gasteiger partial charge in [0, 0.05) is 18.8 Å². The van der Waals surface area contributed by atoms with Gasteiger partial charge in [-0.3, -0.25) is 0 Å². The van der Waals surface area contributed by atoms with Crippen LogP contribution in [-0.4, -0.2) is 20.1 Å². The van der Waals surface area contributed by atoms with Gasteiger partial charge >= 0.3 is 0 Å². The first-order chi connectivity index (χ1) is 7.42. The largest absolute Gasteiger partial charge is 0.371 e. The van der Waals surface area contributed by atoms with Crippen molar-refractivity contribution < 1.29 is 0 Å². The first-order valence-corrected chi connectivity index (χ1v) is 5.82. The van der Waals surface area contributed by atoms with Gasteiger partial charge in [-0.15, -0.1) is 0 Å². The third kappa shape index (κ3) is 2.96. The summed E-state index contributed by atoms with van der Waals surface area (Å²) in [5, 5.41) is 0. The molecule has 1 aromatic carbocycles. The van der Waals surface area contributed by atoms with E-state index in [1.54, 1.807) is 0 Å². The monoisotopic (exact) mass is 206 g/mol. The molecule has 1 aliphatic heterocycles. The van der Waals surface area contributed by atoms with Crippen molar-refractivity contribution in [3.05, 3.63) is 29.8 Å². The van der Waals surface area contributed by atoms with Gasteiger partial charge < -0.3 is 10.6 Å². The molecular formula is C13H22N2. The van der Waals surface area contributed by atoms with E-state index in [1.807, 2.05) is 0 Å². The molecule has 0 spiro atoms. The van der Waals surface area contributed by atoms with Crippen LogP contribution in [0.25, 0.3) is 0 Å². The maximum absolute atomic E-state index is 4.50. The molecular weight excluding hydrogens is 184 g/mol. The minimum Gasteiger partial charge on any atom is -0.371 e. The summed E-state index contributed by atoms with van der Waals surface area (Å²) in [5.74, 6) is 0. The molecule has 2 N–H and O–H groups in total. The molecule has 2 rings (SSSR count). The summed E-state index contributed by atoms with van der Waals surface area (Å²) in [6.45, 7) is 4.73. The van der Waals surface area contributed by atoms with E-state index in [0.717, 1.165) is 6.42 Å². The summed E-state index contributed by atoms with van der Waals surface area (Å²) in [5.41, 5.74) is 7.45. The summed E-state index contributed by atoms with van der Waals surface area (Å²) in [4.78, 5) is 2.51. The lowest BCUT2D eigenvalue weighted by Gasteiger charge is -2.20. The molecule has 0 aromatic heterocycles. The molecule has 1 aromatic rings. The average molecular weight is 206 g/mol. The predicted octanol–water partition coefficient (Wildman–Crippen LogP) is 2.42. The Balaban J connectivity index is 0.000000531. The fraction of sp³-hybridized carbons (Fsp3) is 0.538. The topological polar surface area (TPSA) is 29.3 Å². The minimum absolute atomic E-state index is 1.15. The van der Waals surface area contributed by atoms with Crippen LogP contribution in [0.15, 0.2) is 24.3 Å². The highest BCUT2D eigenvalue weighted by Gasteiger charge is 2.13. The number of anilines is 1. The maximum atomic E-state index is 4.50. The van der Waals surface area contributed by atoms with Crippen LogP contribution in [-0.2, 0) is 6.42 Å². The molecule has 15 heavy (non-hydrogen) atoms. The lowest BCUT2D eigenvalue weighted by atomic mass is 10.1. The van der Waals surface area contributed by atoms with Crippen molar-refractivity contribution in [2.45, 2.75) is 26.2 Å². The van der Waals surface area contributed by atoms with Crippen LogP contribution in [0, 0.1) is 0 Å². The highest BCUT2D eigenvalue weighted by atomic mass is 15.1. The van der Waals surface area contributed by atoms with Gasteiger partial charge in [0.05, 0.1) is 0 Å². The fourth-order valence-corrected chi connectivity index (χ4v) is 2.08. The van der Waals surface area contributed by atoms with Crippen LogP contribution in [0.1, 0.15) is 25.3 Å². The summed E-state index contributed by atoms with van der Waals surface area (Å²) >= 11 is 0. The number of nitrogens with zero attached hydrogens (tertiary/aromatic N) is 1. The van der Waals surface area contributed by atoms with Gasteiger partial charge in [0.1, 0.15) is 0 Å². The van der Waals surface area contributed by atoms with E-state index in [9.17, 15) is 0 Å². The number of hydrogen-bond donors (Lipinski definition) is 1. The SMILES string of the molecule is CCc1ccccc1N1CCCC1.CN. The van der Waals surface area contributed by atoms with E-state index in [1.165, 1.54) is 44.2 Å². The van der Waals surface area contributed by atoms with Crippen LogP contribution >= 0.6 is 0 Å². The second-order valence-electron chi connectivity index (χ2n) is 3.68. The summed E-state index contributed by atoms with van der Waals surface area (Å²) in [6.07, 6.45) is 3.86. The van der Waals surface area contributed by atoms with Gasteiger partial charge in [-0.2, -0.15) is 0 Å². The molecule has 1 aliphatic rings. The number of nitrogens with two attached hydrogens (primary N) is 1. The number of aryl methyl sites for hydroxylation is 1. The smallest absolute Gasteiger partial charge is 0.0398 e. The quantitative estimate of drug-likeness (QED) is 0.805. The highest BCUT2D eigenvalue weighted by molar-refractivity contribution is 5.54. The van der Waals surface area contributed by atoms with Gasteiger partial charge in [0.2, 0.25) is 0 Å². The zero-order chi connectivity index (χ0) is 11.1. The van der Waals surface area contributed by atoms with Crippen molar-refractivity contribution in [3.63, 3.8) is 0 Å². The molecule has 0 amide bonds. The van der Waals surface area contributed by atoms with Gasteiger partial charge in [-0.25, -0.2) is 0 Å². The second-order valence-corrected chi connectivity index (χ2v) is 3.68. The lowest BCUT2D eigenvalue weighted by molar-refractivity contribution is 0.948. The Bertz CT molecular complexity index is 278. The Labute approximate surface area is 93.1 Å². The summed E-state index contributed by atoms with van der Waals surface area (Å²) in [7, 11) is 1.50. The van der Waals surface area contributed by atoms with E-state index >= 15 is 0 Å². The van der Waals surface area contributed by atoms with Crippen LogP contribution < -0.4 is 10.6 Å². The first-order valence-electron chi connectivity index (χ1n) is 5.82. The van der Waals surface area contributed by atoms with Crippen LogP contribution in [0.2, 0.25) is 0 Å². The minimum atomic E-state index is 1.15. The lowest BCUT2D eigenvalue weighted by Crippen LogP contribution is -2.18. The van der Waals surface area contributed by atoms with Crippen molar-refractivity contribution >= 4 is 5.69 Å². The van der Waals surface area contributed by atoms with Crippen LogP contribution in [0.4, 0.5) is 5.69 Å². The molecule has 0 radical (unpaired) electrons. The first kappa shape index (κ1) is 12.1. The molecule has 0 aliphatic carbocycles. The van der Waals surface area contributed by atoms with Crippen LogP contribution in [0.5, 0.6) is 0 Å². The third-order valence-electron chi connectivity index (χ3n) is 2.82. The van der Waals surface area contributed by atoms with Gasteiger partial charge in [-0.05, 0) is 37.9 Å². The maximum Gasteiger partial charge on any atom is 0.0398 e. The zero-order valence-corrected chi connectivity index (χ0v) is 9.87. The molecule has 0 unspecified atom stereocenters. The van der Waals surface area contributed by atoms with E-state index in [4.69, 9.17) is 0 Å². The van der Waals surface area contributed by atoms with Crippen molar-refractivity contribution in [2.24, 2.45) is 5.73 Å². The molecule has 84 valence electrons. The van der Waals surface area contributed by atoms with E-state index in [0.29, 0.717) is 0 Å².